The Labute approximate surface area is 150 Å². The highest BCUT2D eigenvalue weighted by Gasteiger charge is 2.13. The molecule has 0 aliphatic carbocycles. The Balaban J connectivity index is 1.85. The van der Waals surface area contributed by atoms with Gasteiger partial charge < -0.3 is 19.3 Å². The van der Waals surface area contributed by atoms with Crippen LogP contribution in [0.4, 0.5) is 5.69 Å². The first-order chi connectivity index (χ1) is 12.6. The number of allylic oxidation sites excluding steroid dienone is 3. The number of amides is 1. The van der Waals surface area contributed by atoms with Crippen LogP contribution in [-0.4, -0.2) is 29.1 Å². The quantitative estimate of drug-likeness (QED) is 0.439. The molecular formula is C18H19N3O5. The van der Waals surface area contributed by atoms with Crippen LogP contribution in [-0.2, 0) is 27.4 Å². The van der Waals surface area contributed by atoms with Gasteiger partial charge in [-0.05, 0) is 19.1 Å². The molecule has 0 saturated carbocycles. The number of ether oxygens (including phenoxy) is 2. The fraction of sp³-hybridized carbons (Fsp3) is 0.222. The smallest absolute Gasteiger partial charge is 0.331 e. The van der Waals surface area contributed by atoms with Crippen LogP contribution in [0.15, 0.2) is 53.1 Å². The van der Waals surface area contributed by atoms with E-state index in [9.17, 15) is 9.59 Å². The Morgan fingerprint density at radius 1 is 1.27 bits per heavy atom. The van der Waals surface area contributed by atoms with Crippen LogP contribution < -0.4 is 10.1 Å². The van der Waals surface area contributed by atoms with Crippen LogP contribution in [0, 0.1) is 0 Å². The van der Waals surface area contributed by atoms with Gasteiger partial charge in [-0.15, -0.1) is 0 Å². The Bertz CT molecular complexity index is 811. The molecule has 1 aromatic carbocycles. The Morgan fingerprint density at radius 2 is 2.08 bits per heavy atom. The number of para-hydroxylation sites is 2. The molecule has 1 aromatic heterocycles. The van der Waals surface area contributed by atoms with Gasteiger partial charge in [0.2, 0.25) is 5.91 Å². The van der Waals surface area contributed by atoms with Gasteiger partial charge >= 0.3 is 5.97 Å². The maximum atomic E-state index is 12.1. The predicted octanol–water partition coefficient (Wildman–Crippen LogP) is 2.43. The summed E-state index contributed by atoms with van der Waals surface area (Å²) in [6.45, 7) is 1.67. The lowest BCUT2D eigenvalue weighted by molar-refractivity contribution is -0.139. The maximum absolute atomic E-state index is 12.1. The van der Waals surface area contributed by atoms with E-state index in [1.54, 1.807) is 42.5 Å². The van der Waals surface area contributed by atoms with Gasteiger partial charge in [-0.3, -0.25) is 4.79 Å². The number of carbonyl (C=O) groups is 2. The number of nitrogens with one attached hydrogen (secondary N) is 1. The zero-order valence-corrected chi connectivity index (χ0v) is 14.5. The van der Waals surface area contributed by atoms with Crippen molar-refractivity contribution in [2.75, 3.05) is 12.4 Å². The van der Waals surface area contributed by atoms with E-state index in [-0.39, 0.29) is 30.7 Å². The molecule has 0 saturated heterocycles. The minimum atomic E-state index is -0.531. The van der Waals surface area contributed by atoms with Crippen LogP contribution in [0.25, 0.3) is 0 Å². The number of benzene rings is 1. The number of hydrogen-bond acceptors (Lipinski definition) is 7. The van der Waals surface area contributed by atoms with Crippen LogP contribution in [0.2, 0.25) is 0 Å². The third-order valence-electron chi connectivity index (χ3n) is 3.08. The molecule has 26 heavy (non-hydrogen) atoms. The van der Waals surface area contributed by atoms with Gasteiger partial charge in [-0.25, -0.2) is 4.79 Å². The van der Waals surface area contributed by atoms with Crippen molar-refractivity contribution in [3.63, 3.8) is 0 Å². The van der Waals surface area contributed by atoms with Crippen LogP contribution in [0.3, 0.4) is 0 Å². The van der Waals surface area contributed by atoms with Gasteiger partial charge in [0.05, 0.1) is 19.2 Å². The summed E-state index contributed by atoms with van der Waals surface area (Å²) < 4.78 is 15.1. The molecular weight excluding hydrogens is 338 g/mol. The lowest BCUT2D eigenvalue weighted by atomic mass is 10.2. The molecule has 0 aliphatic heterocycles. The highest BCUT2D eigenvalue weighted by molar-refractivity contribution is 5.93. The van der Waals surface area contributed by atoms with E-state index in [2.05, 4.69) is 15.5 Å². The van der Waals surface area contributed by atoms with Gasteiger partial charge in [-0.1, -0.05) is 35.5 Å². The molecule has 1 N–H and O–H groups in total. The fourth-order valence-electron chi connectivity index (χ4n) is 1.93. The molecule has 0 spiro atoms. The van der Waals surface area contributed by atoms with Crippen LogP contribution in [0.1, 0.15) is 18.6 Å². The van der Waals surface area contributed by atoms with Crippen molar-refractivity contribution in [2.24, 2.45) is 0 Å². The van der Waals surface area contributed by atoms with Gasteiger partial charge in [0.1, 0.15) is 5.75 Å². The second-order valence-corrected chi connectivity index (χ2v) is 5.02. The molecule has 0 bridgehead atoms. The Kier molecular flexibility index (Phi) is 7.11. The van der Waals surface area contributed by atoms with Crippen molar-refractivity contribution in [1.82, 2.24) is 10.1 Å². The van der Waals surface area contributed by atoms with E-state index in [1.165, 1.54) is 13.2 Å². The first-order valence-electron chi connectivity index (χ1n) is 7.82. The van der Waals surface area contributed by atoms with Crippen molar-refractivity contribution in [1.29, 1.82) is 0 Å². The van der Waals surface area contributed by atoms with Crippen molar-refractivity contribution in [2.45, 2.75) is 20.0 Å². The summed E-state index contributed by atoms with van der Waals surface area (Å²) in [5.74, 6) is -0.0109. The van der Waals surface area contributed by atoms with Crippen molar-refractivity contribution in [3.8, 4) is 5.75 Å². The lowest BCUT2D eigenvalue weighted by Gasteiger charge is -2.08. The largest absolute Gasteiger partial charge is 0.495 e. The average molecular weight is 357 g/mol. The first-order valence-corrected chi connectivity index (χ1v) is 7.82. The number of methoxy groups -OCH3 is 1. The fourth-order valence-corrected chi connectivity index (χ4v) is 1.93. The van der Waals surface area contributed by atoms with E-state index in [4.69, 9.17) is 14.0 Å². The third kappa shape index (κ3) is 5.90. The van der Waals surface area contributed by atoms with Crippen molar-refractivity contribution in [3.05, 3.63) is 60.3 Å². The number of hydrogen-bond donors (Lipinski definition) is 1. The molecule has 0 atom stereocenters. The number of aromatic nitrogens is 2. The topological polar surface area (TPSA) is 104 Å². The molecule has 1 amide bonds. The minimum Gasteiger partial charge on any atom is -0.495 e. The molecule has 8 nitrogen and oxygen atoms in total. The number of carbonyl (C=O) groups excluding carboxylic acids is 2. The number of nitrogens with zero attached hydrogens (tertiary/aromatic N) is 2. The SMILES string of the molecule is CC=CC=CC(=O)OCc1nc(CC(=O)Nc2ccccc2OC)no1. The highest BCUT2D eigenvalue weighted by atomic mass is 16.6. The molecule has 0 aliphatic rings. The van der Waals surface area contributed by atoms with Crippen molar-refractivity contribution >= 4 is 17.6 Å². The van der Waals surface area contributed by atoms with Gasteiger partial charge in [0.25, 0.3) is 5.89 Å². The van der Waals surface area contributed by atoms with E-state index >= 15 is 0 Å². The van der Waals surface area contributed by atoms with E-state index < -0.39 is 5.97 Å². The zero-order valence-electron chi connectivity index (χ0n) is 14.5. The molecule has 0 fully saturated rings. The number of esters is 1. The monoisotopic (exact) mass is 357 g/mol. The Hall–Kier alpha value is -3.42. The molecule has 2 aromatic rings. The first kappa shape index (κ1) is 18.9. The standard InChI is InChI=1S/C18H19N3O5/c1-3-4-5-10-18(23)25-12-17-20-15(21-26-17)11-16(22)19-13-8-6-7-9-14(13)24-2/h3-10H,11-12H2,1-2H3,(H,19,22). The molecule has 2 rings (SSSR count). The predicted molar refractivity (Wildman–Crippen MR) is 93.4 cm³/mol. The van der Waals surface area contributed by atoms with Gasteiger partial charge in [0, 0.05) is 6.08 Å². The van der Waals surface area contributed by atoms with Crippen molar-refractivity contribution < 1.29 is 23.6 Å². The van der Waals surface area contributed by atoms with Gasteiger partial charge in [-0.2, -0.15) is 4.98 Å². The minimum absolute atomic E-state index is 0.0866. The highest BCUT2D eigenvalue weighted by Crippen LogP contribution is 2.23. The van der Waals surface area contributed by atoms with E-state index in [0.717, 1.165) is 0 Å². The summed E-state index contributed by atoms with van der Waals surface area (Å²) in [5, 5.41) is 6.41. The summed E-state index contributed by atoms with van der Waals surface area (Å²) in [5.41, 5.74) is 0.547. The molecule has 136 valence electrons. The van der Waals surface area contributed by atoms with E-state index in [1.807, 2.05) is 6.92 Å². The van der Waals surface area contributed by atoms with Crippen LogP contribution >= 0.6 is 0 Å². The summed E-state index contributed by atoms with van der Waals surface area (Å²) in [7, 11) is 1.52. The Morgan fingerprint density at radius 3 is 2.85 bits per heavy atom. The second kappa shape index (κ2) is 9.77. The van der Waals surface area contributed by atoms with E-state index in [0.29, 0.717) is 11.4 Å². The normalized spacial score (nSPS) is 11.0. The maximum Gasteiger partial charge on any atom is 0.331 e. The van der Waals surface area contributed by atoms with Crippen LogP contribution in [0.5, 0.6) is 5.75 Å². The lowest BCUT2D eigenvalue weighted by Crippen LogP contribution is -2.15. The zero-order chi connectivity index (χ0) is 18.8. The summed E-state index contributed by atoms with van der Waals surface area (Å²) in [4.78, 5) is 27.5. The molecule has 0 radical (unpaired) electrons. The summed E-state index contributed by atoms with van der Waals surface area (Å²) in [6.07, 6.45) is 6.23. The third-order valence-corrected chi connectivity index (χ3v) is 3.08. The summed E-state index contributed by atoms with van der Waals surface area (Å²) in [6, 6.07) is 7.04. The molecule has 0 unspecified atom stereocenters. The molecule has 1 heterocycles. The average Bonchev–Trinajstić information content (AvgIpc) is 3.08. The van der Waals surface area contributed by atoms with Gasteiger partial charge in [0.15, 0.2) is 12.4 Å². The molecule has 8 heteroatoms. The second-order valence-electron chi connectivity index (χ2n) is 5.02. The number of rotatable bonds is 8. The summed E-state index contributed by atoms with van der Waals surface area (Å²) >= 11 is 0. The number of anilines is 1.